The van der Waals surface area contributed by atoms with E-state index in [1.165, 1.54) is 12.1 Å². The summed E-state index contributed by atoms with van der Waals surface area (Å²) in [5, 5.41) is 17.1. The fourth-order valence-corrected chi connectivity index (χ4v) is 2.53. The van der Waals surface area contributed by atoms with Gasteiger partial charge in [-0.3, -0.25) is 9.79 Å². The van der Waals surface area contributed by atoms with Crippen molar-refractivity contribution in [1.82, 2.24) is 30.7 Å². The summed E-state index contributed by atoms with van der Waals surface area (Å²) >= 11 is 0. The predicted octanol–water partition coefficient (Wildman–Crippen LogP) is 1.12. The molecule has 0 atom stereocenters. The van der Waals surface area contributed by atoms with Gasteiger partial charge in [0.05, 0.1) is 6.42 Å². The first-order valence-electron chi connectivity index (χ1n) is 8.94. The molecule has 0 aliphatic heterocycles. The number of halogens is 2. The summed E-state index contributed by atoms with van der Waals surface area (Å²) < 4.78 is 15.1. The van der Waals surface area contributed by atoms with Gasteiger partial charge in [0.15, 0.2) is 5.96 Å². The minimum absolute atomic E-state index is 0. The molecule has 1 aromatic carbocycles. The van der Waals surface area contributed by atoms with Gasteiger partial charge >= 0.3 is 0 Å². The third-order valence-corrected chi connectivity index (χ3v) is 3.87. The Balaban J connectivity index is 0.00000392. The molecule has 0 bridgehead atoms. The smallest absolute Gasteiger partial charge is 0.224 e. The van der Waals surface area contributed by atoms with Crippen LogP contribution in [0.5, 0.6) is 0 Å². The number of benzene rings is 1. The normalized spacial score (nSPS) is 10.9. The molecular formula is C18H27FIN7O. The number of aryl methyl sites for hydroxylation is 1. The zero-order chi connectivity index (χ0) is 19.5. The maximum atomic E-state index is 13.1. The van der Waals surface area contributed by atoms with Crippen LogP contribution in [0, 0.1) is 5.82 Å². The molecule has 0 aliphatic rings. The summed E-state index contributed by atoms with van der Waals surface area (Å²) in [4.78, 5) is 16.0. The number of carbonyl (C=O) groups is 1. The van der Waals surface area contributed by atoms with Gasteiger partial charge in [-0.15, -0.1) is 34.2 Å². The molecule has 1 amide bonds. The Morgan fingerprint density at radius 3 is 2.68 bits per heavy atom. The monoisotopic (exact) mass is 503 g/mol. The molecule has 28 heavy (non-hydrogen) atoms. The van der Waals surface area contributed by atoms with Gasteiger partial charge in [0.1, 0.15) is 18.0 Å². The average Bonchev–Trinajstić information content (AvgIpc) is 3.11. The topological polar surface area (TPSA) is 96.2 Å². The average molecular weight is 503 g/mol. The van der Waals surface area contributed by atoms with Crippen LogP contribution in [0.2, 0.25) is 0 Å². The molecule has 0 unspecified atom stereocenters. The van der Waals surface area contributed by atoms with Crippen LogP contribution in [0.3, 0.4) is 0 Å². The summed E-state index contributed by atoms with van der Waals surface area (Å²) in [6.45, 7) is 4.43. The molecule has 2 rings (SSSR count). The molecule has 0 spiro atoms. The predicted molar refractivity (Wildman–Crippen MR) is 117 cm³/mol. The lowest BCUT2D eigenvalue weighted by atomic mass is 10.1. The molecule has 0 saturated carbocycles. The Labute approximate surface area is 181 Å². The zero-order valence-electron chi connectivity index (χ0n) is 16.1. The number of aromatic nitrogens is 3. The van der Waals surface area contributed by atoms with Gasteiger partial charge in [-0.2, -0.15) is 0 Å². The van der Waals surface area contributed by atoms with E-state index in [0.29, 0.717) is 31.2 Å². The van der Waals surface area contributed by atoms with Gasteiger partial charge in [-0.05, 0) is 17.7 Å². The molecule has 0 radical (unpaired) electrons. The highest BCUT2D eigenvalue weighted by Gasteiger charge is 2.05. The van der Waals surface area contributed by atoms with Crippen molar-refractivity contribution in [2.45, 2.75) is 26.3 Å². The molecule has 8 nitrogen and oxygen atoms in total. The Kier molecular flexibility index (Phi) is 11.1. The van der Waals surface area contributed by atoms with Gasteiger partial charge in [0.25, 0.3) is 0 Å². The van der Waals surface area contributed by atoms with Crippen molar-refractivity contribution >= 4 is 35.8 Å². The van der Waals surface area contributed by atoms with Crippen LogP contribution in [0.15, 0.2) is 35.6 Å². The van der Waals surface area contributed by atoms with Gasteiger partial charge in [-0.1, -0.05) is 19.1 Å². The number of nitrogens with one attached hydrogen (secondary N) is 3. The van der Waals surface area contributed by atoms with Gasteiger partial charge in [0, 0.05) is 39.6 Å². The van der Waals surface area contributed by atoms with Crippen molar-refractivity contribution in [3.05, 3.63) is 47.8 Å². The molecule has 0 saturated heterocycles. The van der Waals surface area contributed by atoms with E-state index in [4.69, 9.17) is 0 Å². The molecule has 1 aromatic heterocycles. The minimum Gasteiger partial charge on any atom is -0.355 e. The van der Waals surface area contributed by atoms with Crippen molar-refractivity contribution in [2.75, 3.05) is 26.7 Å². The lowest BCUT2D eigenvalue weighted by molar-refractivity contribution is -0.120. The van der Waals surface area contributed by atoms with Gasteiger partial charge < -0.3 is 20.5 Å². The minimum atomic E-state index is -0.339. The van der Waals surface area contributed by atoms with Crippen LogP contribution < -0.4 is 16.0 Å². The maximum absolute atomic E-state index is 13.1. The van der Waals surface area contributed by atoms with Crippen molar-refractivity contribution in [1.29, 1.82) is 0 Å². The van der Waals surface area contributed by atoms with E-state index in [1.807, 2.05) is 11.5 Å². The Morgan fingerprint density at radius 1 is 1.21 bits per heavy atom. The highest BCUT2D eigenvalue weighted by molar-refractivity contribution is 14.0. The van der Waals surface area contributed by atoms with E-state index in [0.717, 1.165) is 18.8 Å². The van der Waals surface area contributed by atoms with Crippen LogP contribution in [0.1, 0.15) is 18.3 Å². The largest absolute Gasteiger partial charge is 0.355 e. The van der Waals surface area contributed by atoms with Crippen molar-refractivity contribution in [2.24, 2.45) is 4.99 Å². The van der Waals surface area contributed by atoms with Crippen molar-refractivity contribution < 1.29 is 9.18 Å². The van der Waals surface area contributed by atoms with E-state index < -0.39 is 0 Å². The molecule has 10 heteroatoms. The second kappa shape index (κ2) is 13.0. The third-order valence-electron chi connectivity index (χ3n) is 3.87. The number of carbonyl (C=O) groups excluding carboxylic acids is 1. The SMILES string of the molecule is CCc1nncn1CCNC(=NC)NCCNC(=O)Cc1cccc(F)c1.I. The first-order chi connectivity index (χ1) is 13.1. The van der Waals surface area contributed by atoms with Gasteiger partial charge in [-0.25, -0.2) is 4.39 Å². The Bertz CT molecular complexity index is 766. The number of nitrogens with zero attached hydrogens (tertiary/aromatic N) is 4. The van der Waals surface area contributed by atoms with Crippen LogP contribution >= 0.6 is 24.0 Å². The number of hydrogen-bond acceptors (Lipinski definition) is 4. The molecule has 0 fully saturated rings. The molecule has 154 valence electrons. The van der Waals surface area contributed by atoms with E-state index in [2.05, 4.69) is 31.1 Å². The first kappa shape index (κ1) is 23.8. The Morgan fingerprint density at radius 2 is 1.96 bits per heavy atom. The van der Waals surface area contributed by atoms with Crippen molar-refractivity contribution in [3.63, 3.8) is 0 Å². The number of aliphatic imine (C=N–C) groups is 1. The lowest BCUT2D eigenvalue weighted by Crippen LogP contribution is -2.42. The number of hydrogen-bond donors (Lipinski definition) is 3. The molecule has 3 N–H and O–H groups in total. The van der Waals surface area contributed by atoms with E-state index in [-0.39, 0.29) is 42.1 Å². The second-order valence-electron chi connectivity index (χ2n) is 5.88. The highest BCUT2D eigenvalue weighted by Crippen LogP contribution is 2.03. The second-order valence-corrected chi connectivity index (χ2v) is 5.88. The van der Waals surface area contributed by atoms with Crippen LogP contribution in [0.25, 0.3) is 0 Å². The molecule has 2 aromatic rings. The third kappa shape index (κ3) is 8.19. The fourth-order valence-electron chi connectivity index (χ4n) is 2.53. The zero-order valence-corrected chi connectivity index (χ0v) is 18.4. The Hall–Kier alpha value is -2.24. The molecule has 1 heterocycles. The van der Waals surface area contributed by atoms with Crippen LogP contribution in [-0.2, 0) is 24.2 Å². The molecular weight excluding hydrogens is 476 g/mol. The standard InChI is InChI=1S/C18H26FN7O.HI/c1-3-16-25-24-13-26(16)10-9-23-18(20-2)22-8-7-21-17(27)12-14-5-4-6-15(19)11-14;/h4-6,11,13H,3,7-10,12H2,1-2H3,(H,21,27)(H2,20,22,23);1H. The number of amides is 1. The highest BCUT2D eigenvalue weighted by atomic mass is 127. The van der Waals surface area contributed by atoms with Crippen molar-refractivity contribution in [3.8, 4) is 0 Å². The summed E-state index contributed by atoms with van der Waals surface area (Å²) in [7, 11) is 1.69. The fraction of sp³-hybridized carbons (Fsp3) is 0.444. The summed E-state index contributed by atoms with van der Waals surface area (Å²) in [6.07, 6.45) is 2.70. The number of rotatable bonds is 9. The first-order valence-corrected chi connectivity index (χ1v) is 8.94. The summed E-state index contributed by atoms with van der Waals surface area (Å²) in [6, 6.07) is 6.05. The van der Waals surface area contributed by atoms with Crippen LogP contribution in [-0.4, -0.2) is 53.3 Å². The van der Waals surface area contributed by atoms with E-state index >= 15 is 0 Å². The number of guanidine groups is 1. The van der Waals surface area contributed by atoms with Crippen LogP contribution in [0.4, 0.5) is 4.39 Å². The van der Waals surface area contributed by atoms with E-state index in [9.17, 15) is 9.18 Å². The summed E-state index contributed by atoms with van der Waals surface area (Å²) in [5.74, 6) is 1.11. The lowest BCUT2D eigenvalue weighted by Gasteiger charge is -2.13. The van der Waals surface area contributed by atoms with Gasteiger partial charge in [0.2, 0.25) is 5.91 Å². The van der Waals surface area contributed by atoms with E-state index in [1.54, 1.807) is 25.5 Å². The quantitative estimate of drug-likeness (QED) is 0.206. The molecule has 0 aliphatic carbocycles. The maximum Gasteiger partial charge on any atom is 0.224 e. The summed E-state index contributed by atoms with van der Waals surface area (Å²) in [5.41, 5.74) is 0.651.